The van der Waals surface area contributed by atoms with E-state index >= 15 is 0 Å². The van der Waals surface area contributed by atoms with Gasteiger partial charge in [-0.05, 0) is 24.3 Å². The van der Waals surface area contributed by atoms with Crippen LogP contribution in [0.15, 0.2) is 42.7 Å². The first kappa shape index (κ1) is 18.7. The minimum Gasteiger partial charge on any atom is -0.398 e. The third kappa shape index (κ3) is 4.18. The average molecular weight is 367 g/mol. The maximum absolute atomic E-state index is 8.68. The Bertz CT molecular complexity index is 844. The number of benzene rings is 1. The van der Waals surface area contributed by atoms with E-state index in [0.717, 1.165) is 30.0 Å². The van der Waals surface area contributed by atoms with Gasteiger partial charge in [0.15, 0.2) is 0 Å². The molecule has 3 rings (SSSR count). The van der Waals surface area contributed by atoms with Crippen LogP contribution in [0.3, 0.4) is 0 Å². The molecular formula is C19H25N7O. The Labute approximate surface area is 158 Å². The smallest absolute Gasteiger partial charge is 0.129 e. The molecule has 0 spiro atoms. The van der Waals surface area contributed by atoms with Gasteiger partial charge in [0.25, 0.3) is 0 Å². The lowest BCUT2D eigenvalue weighted by molar-refractivity contribution is 0.122. The minimum atomic E-state index is 0.340. The van der Waals surface area contributed by atoms with Gasteiger partial charge in [-0.2, -0.15) is 0 Å². The molecule has 0 radical (unpaired) electrons. The van der Waals surface area contributed by atoms with Crippen molar-refractivity contribution in [2.24, 2.45) is 5.84 Å². The number of hydrogen-bond acceptors (Lipinski definition) is 8. The number of rotatable bonds is 6. The summed E-state index contributed by atoms with van der Waals surface area (Å²) in [5.41, 5.74) is 12.6. The molecule has 0 atom stereocenters. The lowest BCUT2D eigenvalue weighted by Gasteiger charge is -2.28. The number of hydrogen-bond donors (Lipinski definition) is 5. The summed E-state index contributed by atoms with van der Waals surface area (Å²) in [6.07, 6.45) is 3.48. The maximum Gasteiger partial charge on any atom is 0.129 e. The van der Waals surface area contributed by atoms with E-state index in [1.54, 1.807) is 25.5 Å². The Hall–Kier alpha value is -3.10. The molecule has 8 nitrogen and oxygen atoms in total. The summed E-state index contributed by atoms with van der Waals surface area (Å²) in [6.45, 7) is 2.96. The normalized spacial score (nSPS) is 14.7. The van der Waals surface area contributed by atoms with Gasteiger partial charge in [-0.15, -0.1) is 0 Å². The molecule has 0 saturated carbocycles. The lowest BCUT2D eigenvalue weighted by Crippen LogP contribution is -2.36. The van der Waals surface area contributed by atoms with Crippen molar-refractivity contribution in [1.29, 1.82) is 5.41 Å². The number of nitrogens with zero attached hydrogens (tertiary/aromatic N) is 2. The fraction of sp³-hybridized carbons (Fsp3) is 0.263. The van der Waals surface area contributed by atoms with Gasteiger partial charge < -0.3 is 26.1 Å². The number of morpholine rings is 1. The number of nitrogen functional groups attached to an aromatic ring is 1. The molecule has 27 heavy (non-hydrogen) atoms. The molecule has 0 aliphatic carbocycles. The van der Waals surface area contributed by atoms with E-state index in [2.05, 4.69) is 20.6 Å². The fourth-order valence-electron chi connectivity index (χ4n) is 2.99. The van der Waals surface area contributed by atoms with Crippen LogP contribution in [-0.4, -0.2) is 44.0 Å². The summed E-state index contributed by atoms with van der Waals surface area (Å²) < 4.78 is 5.40. The molecule has 0 unspecified atom stereocenters. The van der Waals surface area contributed by atoms with Crippen LogP contribution in [0.5, 0.6) is 0 Å². The first-order valence-corrected chi connectivity index (χ1v) is 8.76. The van der Waals surface area contributed by atoms with Crippen LogP contribution in [0.25, 0.3) is 5.70 Å². The molecule has 8 heteroatoms. The lowest BCUT2D eigenvalue weighted by atomic mass is 9.98. The number of nitrogens with one attached hydrogen (secondary N) is 3. The molecule has 0 amide bonds. The van der Waals surface area contributed by atoms with E-state index in [1.165, 1.54) is 0 Å². The van der Waals surface area contributed by atoms with Crippen molar-refractivity contribution < 1.29 is 4.74 Å². The van der Waals surface area contributed by atoms with Gasteiger partial charge in [-0.1, -0.05) is 6.07 Å². The summed E-state index contributed by atoms with van der Waals surface area (Å²) in [5.74, 6) is 6.44. The third-order valence-electron chi connectivity index (χ3n) is 4.45. The summed E-state index contributed by atoms with van der Waals surface area (Å²) in [7, 11) is 1.79. The maximum atomic E-state index is 8.68. The largest absolute Gasteiger partial charge is 0.398 e. The highest BCUT2D eigenvalue weighted by atomic mass is 16.5. The molecule has 1 aromatic heterocycles. The molecule has 1 saturated heterocycles. The SMILES string of the molecule is CN/C=C(\NN)c1ccc(N)c(C(=N)c2ccnc(N3CCOCC3)c2)c1. The van der Waals surface area contributed by atoms with Crippen LogP contribution in [0.1, 0.15) is 16.7 Å². The van der Waals surface area contributed by atoms with Crippen LogP contribution in [-0.2, 0) is 4.74 Å². The quantitative estimate of drug-likeness (QED) is 0.222. The first-order chi connectivity index (χ1) is 13.1. The Morgan fingerprint density at radius 2 is 2.00 bits per heavy atom. The number of hydrazine groups is 1. The number of nitrogens with two attached hydrogens (primary N) is 2. The Balaban J connectivity index is 1.92. The van der Waals surface area contributed by atoms with Crippen molar-refractivity contribution in [3.8, 4) is 0 Å². The standard InChI is InChI=1S/C19H25N7O/c1-23-12-17(25-22)13-2-3-16(20)15(10-13)19(21)14-4-5-24-18(11-14)26-6-8-27-9-7-26/h2-5,10-12,21,23,25H,6-9,20,22H2,1H3/b17-12-,21-19?. The molecule has 7 N–H and O–H groups in total. The molecule has 1 aliphatic rings. The van der Waals surface area contributed by atoms with Crippen molar-refractivity contribution in [2.75, 3.05) is 44.0 Å². The van der Waals surface area contributed by atoms with E-state index in [1.807, 2.05) is 24.3 Å². The van der Waals surface area contributed by atoms with Crippen molar-refractivity contribution in [1.82, 2.24) is 15.7 Å². The highest BCUT2D eigenvalue weighted by molar-refractivity contribution is 6.14. The van der Waals surface area contributed by atoms with Gasteiger partial charge in [0.2, 0.25) is 0 Å². The van der Waals surface area contributed by atoms with Crippen molar-refractivity contribution in [3.63, 3.8) is 0 Å². The second-order valence-corrected chi connectivity index (χ2v) is 6.17. The van der Waals surface area contributed by atoms with Crippen molar-refractivity contribution in [2.45, 2.75) is 0 Å². The highest BCUT2D eigenvalue weighted by Gasteiger charge is 2.16. The Morgan fingerprint density at radius 3 is 2.70 bits per heavy atom. The van der Waals surface area contributed by atoms with Gasteiger partial charge in [0.1, 0.15) is 5.82 Å². The third-order valence-corrected chi connectivity index (χ3v) is 4.45. The van der Waals surface area contributed by atoms with Crippen molar-refractivity contribution in [3.05, 3.63) is 59.4 Å². The second kappa shape index (κ2) is 8.52. The molecule has 1 aliphatic heterocycles. The summed E-state index contributed by atoms with van der Waals surface area (Å²) in [4.78, 5) is 6.60. The zero-order valence-electron chi connectivity index (χ0n) is 15.3. The van der Waals surface area contributed by atoms with E-state index in [4.69, 9.17) is 21.7 Å². The van der Waals surface area contributed by atoms with Crippen LogP contribution < -0.4 is 27.2 Å². The van der Waals surface area contributed by atoms with E-state index in [-0.39, 0.29) is 0 Å². The van der Waals surface area contributed by atoms with Gasteiger partial charge in [-0.3, -0.25) is 11.3 Å². The summed E-state index contributed by atoms with van der Waals surface area (Å²) in [5, 5.41) is 11.6. The molecule has 1 fully saturated rings. The monoisotopic (exact) mass is 367 g/mol. The predicted octanol–water partition coefficient (Wildman–Crippen LogP) is 0.898. The topological polar surface area (TPSA) is 125 Å². The van der Waals surface area contributed by atoms with Gasteiger partial charge in [0.05, 0.1) is 24.6 Å². The van der Waals surface area contributed by atoms with Gasteiger partial charge >= 0.3 is 0 Å². The van der Waals surface area contributed by atoms with Crippen LogP contribution >= 0.6 is 0 Å². The van der Waals surface area contributed by atoms with Crippen LogP contribution in [0.4, 0.5) is 11.5 Å². The number of ether oxygens (including phenoxy) is 1. The van der Waals surface area contributed by atoms with Crippen LogP contribution in [0.2, 0.25) is 0 Å². The number of pyridine rings is 1. The zero-order valence-corrected chi connectivity index (χ0v) is 15.3. The van der Waals surface area contributed by atoms with Crippen LogP contribution in [0, 0.1) is 5.41 Å². The Kier molecular flexibility index (Phi) is 5.90. The Morgan fingerprint density at radius 1 is 1.22 bits per heavy atom. The number of anilines is 2. The minimum absolute atomic E-state index is 0.340. The van der Waals surface area contributed by atoms with Crippen molar-refractivity contribution >= 4 is 22.9 Å². The van der Waals surface area contributed by atoms with Gasteiger partial charge in [0, 0.05) is 54.9 Å². The van der Waals surface area contributed by atoms with E-state index in [9.17, 15) is 0 Å². The molecule has 142 valence electrons. The highest BCUT2D eigenvalue weighted by Crippen LogP contribution is 2.23. The molecule has 2 heterocycles. The second-order valence-electron chi connectivity index (χ2n) is 6.17. The number of aromatic nitrogens is 1. The van der Waals surface area contributed by atoms with E-state index in [0.29, 0.717) is 35.9 Å². The predicted molar refractivity (Wildman–Crippen MR) is 108 cm³/mol. The molecule has 2 aromatic rings. The molecule has 1 aromatic carbocycles. The van der Waals surface area contributed by atoms with Gasteiger partial charge in [-0.25, -0.2) is 4.98 Å². The summed E-state index contributed by atoms with van der Waals surface area (Å²) >= 11 is 0. The average Bonchev–Trinajstić information content (AvgIpc) is 2.73. The van der Waals surface area contributed by atoms with E-state index < -0.39 is 0 Å². The molecule has 0 bridgehead atoms. The fourth-order valence-corrected chi connectivity index (χ4v) is 2.99. The first-order valence-electron chi connectivity index (χ1n) is 8.76. The summed E-state index contributed by atoms with van der Waals surface area (Å²) in [6, 6.07) is 9.25. The zero-order chi connectivity index (χ0) is 19.2. The molecular weight excluding hydrogens is 342 g/mol.